The summed E-state index contributed by atoms with van der Waals surface area (Å²) < 4.78 is 0. The molecule has 2 aliphatic heterocycles. The van der Waals surface area contributed by atoms with Crippen LogP contribution in [0, 0.1) is 0 Å². The zero-order valence-electron chi connectivity index (χ0n) is 15.5. The molecule has 136 valence electrons. The molecule has 26 heavy (non-hydrogen) atoms. The van der Waals surface area contributed by atoms with Crippen LogP contribution in [0.2, 0.25) is 0 Å². The maximum absolute atomic E-state index is 12.4. The van der Waals surface area contributed by atoms with Gasteiger partial charge in [-0.15, -0.1) is 0 Å². The summed E-state index contributed by atoms with van der Waals surface area (Å²) in [6, 6.07) is 12.9. The predicted molar refractivity (Wildman–Crippen MR) is 102 cm³/mol. The summed E-state index contributed by atoms with van der Waals surface area (Å²) in [5.74, 6) is 0.176. The topological polar surface area (TPSA) is 36.4 Å². The molecule has 3 heterocycles. The molecule has 4 nitrogen and oxygen atoms in total. The minimum absolute atomic E-state index is 0.0276. The molecule has 4 rings (SSSR count). The normalized spacial score (nSPS) is 23.5. The Bertz CT molecular complexity index is 776. The summed E-state index contributed by atoms with van der Waals surface area (Å²) in [6.07, 6.45) is 8.38. The van der Waals surface area contributed by atoms with Crippen molar-refractivity contribution in [2.24, 2.45) is 0 Å². The number of aromatic nitrogens is 1. The number of nitrogens with zero attached hydrogens (tertiary/aromatic N) is 3. The Hall–Kier alpha value is -2.20. The highest BCUT2D eigenvalue weighted by Gasteiger charge is 2.42. The molecule has 2 aliphatic rings. The lowest BCUT2D eigenvalue weighted by Gasteiger charge is -2.48. The van der Waals surface area contributed by atoms with Gasteiger partial charge >= 0.3 is 0 Å². The van der Waals surface area contributed by atoms with Crippen molar-refractivity contribution < 1.29 is 4.79 Å². The fourth-order valence-electron chi connectivity index (χ4n) is 4.62. The number of benzene rings is 1. The van der Waals surface area contributed by atoms with Gasteiger partial charge in [0.2, 0.25) is 5.91 Å². The number of amides is 1. The summed E-state index contributed by atoms with van der Waals surface area (Å²) in [6.45, 7) is 5.28. The zero-order valence-corrected chi connectivity index (χ0v) is 15.5. The second kappa shape index (κ2) is 7.20. The lowest BCUT2D eigenvalue weighted by atomic mass is 9.80. The molecule has 4 heteroatoms. The monoisotopic (exact) mass is 349 g/mol. The number of hydrogen-bond acceptors (Lipinski definition) is 3. The number of carbonyl (C=O) groups is 1. The van der Waals surface area contributed by atoms with E-state index in [2.05, 4.69) is 51.2 Å². The quantitative estimate of drug-likeness (QED) is 0.834. The van der Waals surface area contributed by atoms with E-state index < -0.39 is 0 Å². The van der Waals surface area contributed by atoms with Crippen LogP contribution in [0.15, 0.2) is 48.8 Å². The van der Waals surface area contributed by atoms with Gasteiger partial charge in [0, 0.05) is 44.5 Å². The third-order valence-electron chi connectivity index (χ3n) is 6.04. The first kappa shape index (κ1) is 17.2. The van der Waals surface area contributed by atoms with Gasteiger partial charge in [0.25, 0.3) is 0 Å². The smallest absolute Gasteiger partial charge is 0.219 e. The number of likely N-dealkylation sites (tertiary alicyclic amines) is 1. The van der Waals surface area contributed by atoms with Gasteiger partial charge in [-0.3, -0.25) is 14.7 Å². The molecular weight excluding hydrogens is 322 g/mol. The maximum atomic E-state index is 12.4. The molecule has 0 saturated carbocycles. The summed E-state index contributed by atoms with van der Waals surface area (Å²) in [7, 11) is 0. The van der Waals surface area contributed by atoms with Crippen molar-refractivity contribution in [1.82, 2.24) is 14.8 Å². The predicted octanol–water partition coefficient (Wildman–Crippen LogP) is 3.41. The summed E-state index contributed by atoms with van der Waals surface area (Å²) in [4.78, 5) is 21.2. The van der Waals surface area contributed by atoms with Crippen LogP contribution in [0.1, 0.15) is 42.9 Å². The van der Waals surface area contributed by atoms with Crippen molar-refractivity contribution in [3.8, 4) is 0 Å². The van der Waals surface area contributed by atoms with E-state index in [4.69, 9.17) is 0 Å². The molecule has 1 unspecified atom stereocenters. The number of fused-ring (bicyclic) bond motifs is 1. The molecule has 0 bridgehead atoms. The molecule has 2 aromatic rings. The van der Waals surface area contributed by atoms with E-state index in [0.29, 0.717) is 0 Å². The first-order valence-corrected chi connectivity index (χ1v) is 9.63. The molecule has 0 N–H and O–H groups in total. The van der Waals surface area contributed by atoms with Crippen molar-refractivity contribution >= 4 is 5.91 Å². The Balaban J connectivity index is 1.71. The molecule has 0 radical (unpaired) electrons. The van der Waals surface area contributed by atoms with E-state index >= 15 is 0 Å². The average molecular weight is 349 g/mol. The summed E-state index contributed by atoms with van der Waals surface area (Å²) >= 11 is 0. The molecule has 0 aliphatic carbocycles. The molecule has 1 spiro atoms. The average Bonchev–Trinajstić information content (AvgIpc) is 2.82. The molecule has 1 amide bonds. The molecular formula is C22H27N3O. The number of carbonyl (C=O) groups excluding carboxylic acids is 1. The number of hydrogen-bond donors (Lipinski definition) is 0. The number of pyridine rings is 1. The second-order valence-electron chi connectivity index (χ2n) is 7.78. The molecule has 1 aromatic heterocycles. The van der Waals surface area contributed by atoms with Crippen LogP contribution in [0.3, 0.4) is 0 Å². The summed E-state index contributed by atoms with van der Waals surface area (Å²) in [5, 5.41) is 0. The highest BCUT2D eigenvalue weighted by atomic mass is 16.2. The van der Waals surface area contributed by atoms with E-state index in [0.717, 1.165) is 39.0 Å². The van der Waals surface area contributed by atoms with Gasteiger partial charge in [0.15, 0.2) is 0 Å². The highest BCUT2D eigenvalue weighted by molar-refractivity contribution is 5.73. The highest BCUT2D eigenvalue weighted by Crippen LogP contribution is 2.37. The van der Waals surface area contributed by atoms with Crippen molar-refractivity contribution in [2.45, 2.75) is 51.2 Å². The summed E-state index contributed by atoms with van der Waals surface area (Å²) in [5.41, 5.74) is 4.03. The van der Waals surface area contributed by atoms with Crippen LogP contribution < -0.4 is 0 Å². The van der Waals surface area contributed by atoms with Crippen molar-refractivity contribution in [3.05, 3.63) is 65.5 Å². The Morgan fingerprint density at radius 3 is 2.65 bits per heavy atom. The van der Waals surface area contributed by atoms with Gasteiger partial charge < -0.3 is 4.90 Å². The van der Waals surface area contributed by atoms with Crippen molar-refractivity contribution in [1.29, 1.82) is 0 Å². The standard InChI is InChI=1S/C22H27N3O/c1-18(26)24-16-21-7-3-2-6-20(21)14-22(17-24)10-4-5-13-25(22)15-19-8-11-23-12-9-19/h2-3,6-9,11-12H,4-5,10,13-17H2,1H3. The van der Waals surface area contributed by atoms with Crippen LogP contribution in [-0.2, 0) is 24.3 Å². The maximum Gasteiger partial charge on any atom is 0.219 e. The third kappa shape index (κ3) is 3.38. The fraction of sp³-hybridized carbons (Fsp3) is 0.455. The van der Waals surface area contributed by atoms with Crippen LogP contribution >= 0.6 is 0 Å². The van der Waals surface area contributed by atoms with E-state index in [-0.39, 0.29) is 11.4 Å². The second-order valence-corrected chi connectivity index (χ2v) is 7.78. The van der Waals surface area contributed by atoms with Gasteiger partial charge in [-0.1, -0.05) is 30.7 Å². The molecule has 1 aromatic carbocycles. The minimum Gasteiger partial charge on any atom is -0.337 e. The fourth-order valence-corrected chi connectivity index (χ4v) is 4.62. The van der Waals surface area contributed by atoms with Crippen molar-refractivity contribution in [2.75, 3.05) is 13.1 Å². The van der Waals surface area contributed by atoms with Crippen LogP contribution in [0.25, 0.3) is 0 Å². The van der Waals surface area contributed by atoms with E-state index in [1.54, 1.807) is 6.92 Å². The van der Waals surface area contributed by atoms with E-state index in [1.165, 1.54) is 29.5 Å². The van der Waals surface area contributed by atoms with Gasteiger partial charge in [0.05, 0.1) is 0 Å². The Morgan fingerprint density at radius 1 is 1.12 bits per heavy atom. The van der Waals surface area contributed by atoms with Crippen LogP contribution in [0.5, 0.6) is 0 Å². The first-order valence-electron chi connectivity index (χ1n) is 9.63. The van der Waals surface area contributed by atoms with E-state index in [1.807, 2.05) is 12.4 Å². The third-order valence-corrected chi connectivity index (χ3v) is 6.04. The van der Waals surface area contributed by atoms with Gasteiger partial charge in [-0.25, -0.2) is 0 Å². The molecule has 1 atom stereocenters. The first-order chi connectivity index (χ1) is 12.7. The minimum atomic E-state index is 0.0276. The van der Waals surface area contributed by atoms with Gasteiger partial charge in [-0.05, 0) is 54.6 Å². The SMILES string of the molecule is CC(=O)N1Cc2ccccc2CC2(CCCCN2Cc2ccncc2)C1. The van der Waals surface area contributed by atoms with E-state index in [9.17, 15) is 4.79 Å². The number of rotatable bonds is 2. The lowest BCUT2D eigenvalue weighted by molar-refractivity contribution is -0.132. The van der Waals surface area contributed by atoms with Crippen molar-refractivity contribution in [3.63, 3.8) is 0 Å². The Labute approximate surface area is 155 Å². The largest absolute Gasteiger partial charge is 0.337 e. The lowest BCUT2D eigenvalue weighted by Crippen LogP contribution is -2.58. The molecule has 1 fully saturated rings. The van der Waals surface area contributed by atoms with Gasteiger partial charge in [0.1, 0.15) is 0 Å². The zero-order chi connectivity index (χ0) is 18.0. The van der Waals surface area contributed by atoms with Crippen LogP contribution in [0.4, 0.5) is 0 Å². The number of piperidine rings is 1. The van der Waals surface area contributed by atoms with Gasteiger partial charge in [-0.2, -0.15) is 0 Å². The Kier molecular flexibility index (Phi) is 4.77. The Morgan fingerprint density at radius 2 is 1.88 bits per heavy atom. The molecule has 1 saturated heterocycles. The van der Waals surface area contributed by atoms with Crippen LogP contribution in [-0.4, -0.2) is 39.3 Å².